The zero-order chi connectivity index (χ0) is 19.9. The quantitative estimate of drug-likeness (QED) is 0.469. The topological polar surface area (TPSA) is 30.5 Å². The maximum absolute atomic E-state index is 6.54. The minimum atomic E-state index is 0.445. The average molecular weight is 396 g/mol. The molecule has 0 bridgehead atoms. The molecule has 1 N–H and O–H groups in total. The van der Waals surface area contributed by atoms with Gasteiger partial charge < -0.3 is 14.8 Å². The van der Waals surface area contributed by atoms with E-state index in [0.717, 1.165) is 16.8 Å². The van der Waals surface area contributed by atoms with Crippen LogP contribution in [-0.2, 0) is 13.2 Å². The number of hydrogen-bond donors (Lipinski definition) is 1. The summed E-state index contributed by atoms with van der Waals surface area (Å²) in [5, 5.41) is 4.04. The Morgan fingerprint density at radius 2 is 1.68 bits per heavy atom. The van der Waals surface area contributed by atoms with Crippen molar-refractivity contribution in [3.05, 3.63) is 87.9 Å². The van der Waals surface area contributed by atoms with Gasteiger partial charge in [0.25, 0.3) is 0 Å². The molecule has 3 aromatic carbocycles. The first-order chi connectivity index (χ1) is 13.6. The summed E-state index contributed by atoms with van der Waals surface area (Å²) in [5.41, 5.74) is 5.69. The molecule has 0 saturated heterocycles. The molecule has 0 aliphatic carbocycles. The van der Waals surface area contributed by atoms with E-state index in [9.17, 15) is 0 Å². The van der Waals surface area contributed by atoms with Gasteiger partial charge in [-0.15, -0.1) is 0 Å². The molecule has 3 nitrogen and oxygen atoms in total. The van der Waals surface area contributed by atoms with Crippen molar-refractivity contribution in [2.24, 2.45) is 0 Å². The molecule has 3 aromatic rings. The number of benzene rings is 3. The van der Waals surface area contributed by atoms with Crippen LogP contribution in [0.15, 0.2) is 60.7 Å². The maximum atomic E-state index is 6.54. The zero-order valence-electron chi connectivity index (χ0n) is 16.6. The standard InChI is InChI=1S/C24H26ClNO2/c1-4-27-23-14-20(15-26-22-12-17(2)10-11-18(22)3)13-21(25)24(23)28-16-19-8-6-5-7-9-19/h5-14,26H,4,15-16H2,1-3H3. The van der Waals surface area contributed by atoms with E-state index in [-0.39, 0.29) is 0 Å². The number of nitrogens with one attached hydrogen (secondary N) is 1. The summed E-state index contributed by atoms with van der Waals surface area (Å²) in [5.74, 6) is 1.26. The highest BCUT2D eigenvalue weighted by Gasteiger charge is 2.13. The third-order valence-corrected chi connectivity index (χ3v) is 4.75. The molecule has 28 heavy (non-hydrogen) atoms. The number of ether oxygens (including phenoxy) is 2. The molecule has 0 spiro atoms. The molecule has 4 heteroatoms. The van der Waals surface area contributed by atoms with Crippen molar-refractivity contribution in [3.8, 4) is 11.5 Å². The lowest BCUT2D eigenvalue weighted by Gasteiger charge is -2.16. The van der Waals surface area contributed by atoms with Crippen molar-refractivity contribution in [2.75, 3.05) is 11.9 Å². The summed E-state index contributed by atoms with van der Waals surface area (Å²) in [7, 11) is 0. The number of rotatable bonds is 8. The van der Waals surface area contributed by atoms with Gasteiger partial charge in [0.15, 0.2) is 11.5 Å². The Balaban J connectivity index is 1.77. The molecule has 0 atom stereocenters. The van der Waals surface area contributed by atoms with Crippen LogP contribution in [0.1, 0.15) is 29.2 Å². The monoisotopic (exact) mass is 395 g/mol. The molecule has 0 unspecified atom stereocenters. The van der Waals surface area contributed by atoms with E-state index in [1.54, 1.807) is 0 Å². The van der Waals surface area contributed by atoms with Gasteiger partial charge in [0.05, 0.1) is 11.6 Å². The SMILES string of the molecule is CCOc1cc(CNc2cc(C)ccc2C)cc(Cl)c1OCc1ccccc1. The van der Waals surface area contributed by atoms with Crippen LogP contribution in [0.5, 0.6) is 11.5 Å². The summed E-state index contributed by atoms with van der Waals surface area (Å²) < 4.78 is 11.8. The second-order valence-electron chi connectivity index (χ2n) is 6.78. The van der Waals surface area contributed by atoms with Gasteiger partial charge in [-0.2, -0.15) is 0 Å². The highest BCUT2D eigenvalue weighted by Crippen LogP contribution is 2.37. The molecule has 146 valence electrons. The van der Waals surface area contributed by atoms with Crippen LogP contribution in [0.3, 0.4) is 0 Å². The predicted octanol–water partition coefficient (Wildman–Crippen LogP) is 6.55. The normalized spacial score (nSPS) is 10.6. The molecule has 0 radical (unpaired) electrons. The van der Waals surface area contributed by atoms with Gasteiger partial charge in [-0.25, -0.2) is 0 Å². The van der Waals surface area contributed by atoms with E-state index in [2.05, 4.69) is 37.4 Å². The van der Waals surface area contributed by atoms with E-state index < -0.39 is 0 Å². The molecule has 0 saturated carbocycles. The Morgan fingerprint density at radius 3 is 2.43 bits per heavy atom. The Labute approximate surface area is 172 Å². The fourth-order valence-electron chi connectivity index (χ4n) is 2.98. The van der Waals surface area contributed by atoms with E-state index >= 15 is 0 Å². The first kappa shape index (κ1) is 20.1. The second-order valence-corrected chi connectivity index (χ2v) is 7.19. The Bertz CT molecular complexity index is 925. The lowest BCUT2D eigenvalue weighted by atomic mass is 10.1. The second kappa shape index (κ2) is 9.52. The Kier molecular flexibility index (Phi) is 6.83. The number of aryl methyl sites for hydroxylation is 2. The van der Waals surface area contributed by atoms with Crippen molar-refractivity contribution in [3.63, 3.8) is 0 Å². The number of hydrogen-bond acceptors (Lipinski definition) is 3. The van der Waals surface area contributed by atoms with E-state index in [0.29, 0.717) is 36.3 Å². The fraction of sp³-hybridized carbons (Fsp3) is 0.250. The number of halogens is 1. The van der Waals surface area contributed by atoms with Crippen LogP contribution < -0.4 is 14.8 Å². The molecule has 0 aromatic heterocycles. The van der Waals surface area contributed by atoms with Gasteiger partial charge in [0.2, 0.25) is 0 Å². The summed E-state index contributed by atoms with van der Waals surface area (Å²) in [6, 6.07) is 20.3. The molecule has 3 rings (SSSR count). The lowest BCUT2D eigenvalue weighted by Crippen LogP contribution is -2.04. The fourth-order valence-corrected chi connectivity index (χ4v) is 3.27. The highest BCUT2D eigenvalue weighted by atomic mass is 35.5. The largest absolute Gasteiger partial charge is 0.490 e. The minimum Gasteiger partial charge on any atom is -0.490 e. The van der Waals surface area contributed by atoms with E-state index in [1.165, 1.54) is 11.1 Å². The van der Waals surface area contributed by atoms with Crippen LogP contribution in [0.4, 0.5) is 5.69 Å². The van der Waals surface area contributed by atoms with Gasteiger partial charge in [-0.1, -0.05) is 54.1 Å². The average Bonchev–Trinajstić information content (AvgIpc) is 2.69. The predicted molar refractivity (Wildman–Crippen MR) is 117 cm³/mol. The highest BCUT2D eigenvalue weighted by molar-refractivity contribution is 6.32. The van der Waals surface area contributed by atoms with E-state index in [4.69, 9.17) is 21.1 Å². The Morgan fingerprint density at radius 1 is 0.893 bits per heavy atom. The van der Waals surface area contributed by atoms with Crippen LogP contribution >= 0.6 is 11.6 Å². The van der Waals surface area contributed by atoms with E-state index in [1.807, 2.05) is 49.4 Å². The van der Waals surface area contributed by atoms with Crippen molar-refractivity contribution in [2.45, 2.75) is 33.9 Å². The van der Waals surface area contributed by atoms with Gasteiger partial charge in [-0.05, 0) is 61.2 Å². The van der Waals surface area contributed by atoms with Crippen LogP contribution in [0.2, 0.25) is 5.02 Å². The van der Waals surface area contributed by atoms with Crippen molar-refractivity contribution in [1.82, 2.24) is 0 Å². The summed E-state index contributed by atoms with van der Waals surface area (Å²) in [6.45, 7) is 7.79. The summed E-state index contributed by atoms with van der Waals surface area (Å²) in [6.07, 6.45) is 0. The molecule has 0 amide bonds. The van der Waals surface area contributed by atoms with Crippen molar-refractivity contribution < 1.29 is 9.47 Å². The summed E-state index contributed by atoms with van der Waals surface area (Å²) >= 11 is 6.54. The third kappa shape index (κ3) is 5.20. The third-order valence-electron chi connectivity index (χ3n) is 4.47. The first-order valence-corrected chi connectivity index (χ1v) is 9.87. The van der Waals surface area contributed by atoms with Crippen LogP contribution in [-0.4, -0.2) is 6.61 Å². The Hall–Kier alpha value is -2.65. The molecular formula is C24H26ClNO2. The van der Waals surface area contributed by atoms with Crippen molar-refractivity contribution >= 4 is 17.3 Å². The van der Waals surface area contributed by atoms with Gasteiger partial charge in [0, 0.05) is 12.2 Å². The molecule has 0 heterocycles. The van der Waals surface area contributed by atoms with Crippen LogP contribution in [0.25, 0.3) is 0 Å². The molecular weight excluding hydrogens is 370 g/mol. The minimum absolute atomic E-state index is 0.445. The maximum Gasteiger partial charge on any atom is 0.180 e. The first-order valence-electron chi connectivity index (χ1n) is 9.50. The van der Waals surface area contributed by atoms with Gasteiger partial charge in [-0.3, -0.25) is 0 Å². The zero-order valence-corrected chi connectivity index (χ0v) is 17.3. The summed E-state index contributed by atoms with van der Waals surface area (Å²) in [4.78, 5) is 0. The lowest BCUT2D eigenvalue weighted by molar-refractivity contribution is 0.269. The van der Waals surface area contributed by atoms with Gasteiger partial charge >= 0.3 is 0 Å². The van der Waals surface area contributed by atoms with Crippen molar-refractivity contribution in [1.29, 1.82) is 0 Å². The van der Waals surface area contributed by atoms with Gasteiger partial charge in [0.1, 0.15) is 6.61 Å². The molecule has 0 aliphatic rings. The van der Waals surface area contributed by atoms with Crippen LogP contribution in [0, 0.1) is 13.8 Å². The smallest absolute Gasteiger partial charge is 0.180 e. The number of anilines is 1. The molecule has 0 fully saturated rings. The molecule has 0 aliphatic heterocycles.